The molecule has 0 saturated heterocycles. The number of nitrogens with one attached hydrogen (secondary N) is 1. The maximum Gasteiger partial charge on any atom is 0.257 e. The fraction of sp³-hybridized carbons (Fsp3) is 0.211. The maximum absolute atomic E-state index is 12.7. The van der Waals surface area contributed by atoms with Crippen LogP contribution in [-0.2, 0) is 16.6 Å². The molecule has 0 aliphatic heterocycles. The van der Waals surface area contributed by atoms with Crippen LogP contribution in [0.3, 0.4) is 0 Å². The number of anilines is 1. The lowest BCUT2D eigenvalue weighted by Crippen LogP contribution is -2.23. The van der Waals surface area contributed by atoms with E-state index < -0.39 is 15.9 Å². The second-order valence-corrected chi connectivity index (χ2v) is 8.98. The molecule has 11 heteroatoms. The van der Waals surface area contributed by atoms with Crippen molar-refractivity contribution in [1.29, 1.82) is 0 Å². The van der Waals surface area contributed by atoms with Gasteiger partial charge in [0.1, 0.15) is 25.0 Å². The van der Waals surface area contributed by atoms with Crippen LogP contribution in [0.5, 0.6) is 5.75 Å². The molecule has 2 aromatic carbocycles. The van der Waals surface area contributed by atoms with Crippen LogP contribution in [0.15, 0.2) is 60.0 Å². The third-order valence-corrected chi connectivity index (χ3v) is 6.25. The third-order valence-electron chi connectivity index (χ3n) is 4.11. The van der Waals surface area contributed by atoms with Crippen molar-refractivity contribution in [2.24, 2.45) is 0 Å². The predicted molar refractivity (Wildman–Crippen MR) is 112 cm³/mol. The highest BCUT2D eigenvalue weighted by molar-refractivity contribution is 7.89. The van der Waals surface area contributed by atoms with Crippen molar-refractivity contribution in [3.63, 3.8) is 0 Å². The van der Waals surface area contributed by atoms with Crippen molar-refractivity contribution in [2.75, 3.05) is 26.0 Å². The summed E-state index contributed by atoms with van der Waals surface area (Å²) in [5, 5.41) is 6.85. The fourth-order valence-electron chi connectivity index (χ4n) is 2.52. The van der Waals surface area contributed by atoms with Gasteiger partial charge in [0.15, 0.2) is 0 Å². The molecule has 30 heavy (non-hydrogen) atoms. The van der Waals surface area contributed by atoms with Crippen molar-refractivity contribution in [3.05, 3.63) is 65.7 Å². The van der Waals surface area contributed by atoms with Gasteiger partial charge in [-0.15, -0.1) is 0 Å². The molecular formula is C19H20ClN5O4S. The molecule has 0 radical (unpaired) electrons. The predicted octanol–water partition coefficient (Wildman–Crippen LogP) is 2.51. The number of halogens is 1. The van der Waals surface area contributed by atoms with E-state index in [0.29, 0.717) is 24.6 Å². The van der Waals surface area contributed by atoms with Crippen LogP contribution >= 0.6 is 11.6 Å². The molecule has 0 saturated carbocycles. The van der Waals surface area contributed by atoms with Gasteiger partial charge in [0.05, 0.1) is 22.0 Å². The van der Waals surface area contributed by atoms with Crippen molar-refractivity contribution in [1.82, 2.24) is 19.1 Å². The molecule has 3 aromatic rings. The maximum atomic E-state index is 12.7. The van der Waals surface area contributed by atoms with Crippen LogP contribution in [0, 0.1) is 0 Å². The summed E-state index contributed by atoms with van der Waals surface area (Å²) in [6.45, 7) is 0.899. The molecule has 0 atom stereocenters. The van der Waals surface area contributed by atoms with E-state index >= 15 is 0 Å². The number of carbonyl (C=O) groups excluding carboxylic acids is 1. The summed E-state index contributed by atoms with van der Waals surface area (Å²) in [5.74, 6) is 0.0264. The van der Waals surface area contributed by atoms with Gasteiger partial charge in [-0.25, -0.2) is 22.4 Å². The SMILES string of the molecule is CN(C)S(=O)(=O)c1ccc(Cl)c(C(=O)Nc2cccc(OCCn3cncn3)c2)c1. The molecule has 0 spiro atoms. The minimum Gasteiger partial charge on any atom is -0.492 e. The van der Waals surface area contributed by atoms with Crippen LogP contribution in [-0.4, -0.2) is 54.1 Å². The van der Waals surface area contributed by atoms with Gasteiger partial charge in [-0.3, -0.25) is 4.79 Å². The van der Waals surface area contributed by atoms with Crippen molar-refractivity contribution in [3.8, 4) is 5.75 Å². The zero-order valence-electron chi connectivity index (χ0n) is 16.3. The van der Waals surface area contributed by atoms with Crippen LogP contribution in [0.2, 0.25) is 5.02 Å². The molecule has 0 bridgehead atoms. The number of sulfonamides is 1. The van der Waals surface area contributed by atoms with Crippen LogP contribution in [0.25, 0.3) is 0 Å². The van der Waals surface area contributed by atoms with E-state index in [-0.39, 0.29) is 15.5 Å². The number of nitrogens with zero attached hydrogens (tertiary/aromatic N) is 4. The molecule has 1 aromatic heterocycles. The van der Waals surface area contributed by atoms with Crippen molar-refractivity contribution < 1.29 is 17.9 Å². The Bertz CT molecular complexity index is 1130. The summed E-state index contributed by atoms with van der Waals surface area (Å²) in [7, 11) is -0.866. The Morgan fingerprint density at radius 3 is 2.73 bits per heavy atom. The highest BCUT2D eigenvalue weighted by atomic mass is 35.5. The van der Waals surface area contributed by atoms with Crippen LogP contribution in [0.4, 0.5) is 5.69 Å². The topological polar surface area (TPSA) is 106 Å². The van der Waals surface area contributed by atoms with Gasteiger partial charge in [-0.2, -0.15) is 5.10 Å². The Labute approximate surface area is 179 Å². The number of hydrogen-bond donors (Lipinski definition) is 1. The second-order valence-electron chi connectivity index (χ2n) is 6.42. The van der Waals surface area contributed by atoms with E-state index in [1.807, 2.05) is 0 Å². The van der Waals surface area contributed by atoms with Gasteiger partial charge in [0, 0.05) is 25.8 Å². The number of aromatic nitrogens is 3. The normalized spacial score (nSPS) is 11.5. The summed E-state index contributed by atoms with van der Waals surface area (Å²) >= 11 is 6.13. The van der Waals surface area contributed by atoms with Crippen LogP contribution < -0.4 is 10.1 Å². The summed E-state index contributed by atoms with van der Waals surface area (Å²) in [5.41, 5.74) is 0.535. The summed E-state index contributed by atoms with van der Waals surface area (Å²) < 4.78 is 33.0. The van der Waals surface area contributed by atoms with Crippen LogP contribution in [0.1, 0.15) is 10.4 Å². The number of benzene rings is 2. The van der Waals surface area contributed by atoms with Gasteiger partial charge < -0.3 is 10.1 Å². The minimum atomic E-state index is -3.70. The largest absolute Gasteiger partial charge is 0.492 e. The number of carbonyl (C=O) groups is 1. The average Bonchev–Trinajstić information content (AvgIpc) is 3.22. The molecular weight excluding hydrogens is 430 g/mol. The Morgan fingerprint density at radius 1 is 1.23 bits per heavy atom. The fourth-order valence-corrected chi connectivity index (χ4v) is 3.65. The van der Waals surface area contributed by atoms with Gasteiger partial charge in [-0.1, -0.05) is 17.7 Å². The summed E-state index contributed by atoms with van der Waals surface area (Å²) in [4.78, 5) is 16.5. The van der Waals surface area contributed by atoms with E-state index in [1.165, 1.54) is 38.6 Å². The lowest BCUT2D eigenvalue weighted by molar-refractivity contribution is 0.102. The lowest BCUT2D eigenvalue weighted by atomic mass is 10.2. The van der Waals surface area contributed by atoms with E-state index in [0.717, 1.165) is 4.31 Å². The molecule has 0 aliphatic rings. The zero-order valence-corrected chi connectivity index (χ0v) is 17.9. The van der Waals surface area contributed by atoms with Crippen molar-refractivity contribution >= 4 is 33.2 Å². The minimum absolute atomic E-state index is 0.0211. The van der Waals surface area contributed by atoms with E-state index in [1.54, 1.807) is 35.3 Å². The van der Waals surface area contributed by atoms with E-state index in [4.69, 9.17) is 16.3 Å². The van der Waals surface area contributed by atoms with E-state index in [2.05, 4.69) is 15.4 Å². The highest BCUT2D eigenvalue weighted by Gasteiger charge is 2.21. The quantitative estimate of drug-likeness (QED) is 0.566. The number of ether oxygens (including phenoxy) is 1. The van der Waals surface area contributed by atoms with Gasteiger partial charge >= 0.3 is 0 Å². The molecule has 0 aliphatic carbocycles. The smallest absolute Gasteiger partial charge is 0.257 e. The van der Waals surface area contributed by atoms with Gasteiger partial charge in [-0.05, 0) is 30.3 Å². The summed E-state index contributed by atoms with van der Waals surface area (Å²) in [6, 6.07) is 10.8. The Balaban J connectivity index is 1.71. The monoisotopic (exact) mass is 449 g/mol. The first-order valence-corrected chi connectivity index (χ1v) is 10.7. The number of hydrogen-bond acceptors (Lipinski definition) is 6. The molecule has 0 unspecified atom stereocenters. The van der Waals surface area contributed by atoms with Gasteiger partial charge in [0.2, 0.25) is 10.0 Å². The van der Waals surface area contributed by atoms with Gasteiger partial charge in [0.25, 0.3) is 5.91 Å². The summed E-state index contributed by atoms with van der Waals surface area (Å²) in [6.07, 6.45) is 3.04. The molecule has 0 fully saturated rings. The number of amides is 1. The first kappa shape index (κ1) is 21.8. The Hall–Kier alpha value is -2.95. The molecule has 9 nitrogen and oxygen atoms in total. The standard InChI is InChI=1S/C19H20ClN5O4S/c1-24(2)30(27,28)16-6-7-18(20)17(11-16)19(26)23-14-4-3-5-15(10-14)29-9-8-25-13-21-12-22-25/h3-7,10-13H,8-9H2,1-2H3,(H,23,26). The molecule has 1 amide bonds. The first-order valence-electron chi connectivity index (χ1n) is 8.86. The van der Waals surface area contributed by atoms with E-state index in [9.17, 15) is 13.2 Å². The molecule has 1 heterocycles. The molecule has 1 N–H and O–H groups in total. The molecule has 3 rings (SSSR count). The Morgan fingerprint density at radius 2 is 2.03 bits per heavy atom. The highest BCUT2D eigenvalue weighted by Crippen LogP contribution is 2.24. The molecule has 158 valence electrons. The second kappa shape index (κ2) is 9.24. The number of rotatable bonds is 8. The lowest BCUT2D eigenvalue weighted by Gasteiger charge is -2.13. The van der Waals surface area contributed by atoms with Crippen molar-refractivity contribution in [2.45, 2.75) is 11.4 Å². The third kappa shape index (κ3) is 5.15. The Kier molecular flexibility index (Phi) is 6.70. The zero-order chi connectivity index (χ0) is 21.7. The first-order chi connectivity index (χ1) is 14.3. The average molecular weight is 450 g/mol.